The Kier molecular flexibility index (Phi) is 4.76. The number of fused-ring (bicyclic) bond motifs is 1. The van der Waals surface area contributed by atoms with Crippen molar-refractivity contribution in [3.63, 3.8) is 0 Å². The minimum Gasteiger partial charge on any atom is -0.480 e. The maximum atomic E-state index is 12.3. The Balaban J connectivity index is 1.99. The lowest BCUT2D eigenvalue weighted by atomic mass is 10.1. The number of para-hydroxylation sites is 1. The minimum atomic E-state index is -0.485. The molecule has 5 nitrogen and oxygen atoms in total. The Morgan fingerprint density at radius 2 is 2.26 bits per heavy atom. The molecule has 1 aromatic rings. The van der Waals surface area contributed by atoms with E-state index in [2.05, 4.69) is 0 Å². The third-order valence-electron chi connectivity index (χ3n) is 3.17. The van der Waals surface area contributed by atoms with Gasteiger partial charge in [0.25, 0.3) is 5.91 Å². The van der Waals surface area contributed by atoms with Crippen molar-refractivity contribution < 1.29 is 19.4 Å². The van der Waals surface area contributed by atoms with Crippen LogP contribution < -0.4 is 4.74 Å². The van der Waals surface area contributed by atoms with E-state index in [0.717, 1.165) is 11.3 Å². The number of amides is 1. The maximum absolute atomic E-state index is 12.3. The van der Waals surface area contributed by atoms with Gasteiger partial charge in [0, 0.05) is 26.6 Å². The molecule has 2 rings (SSSR count). The van der Waals surface area contributed by atoms with Crippen LogP contribution in [0.5, 0.6) is 5.75 Å². The summed E-state index contributed by atoms with van der Waals surface area (Å²) in [5.41, 5.74) is 1.05. The van der Waals surface area contributed by atoms with E-state index in [-0.39, 0.29) is 12.5 Å². The Hall–Kier alpha value is -1.59. The van der Waals surface area contributed by atoms with Gasteiger partial charge in [0.05, 0.1) is 13.2 Å². The van der Waals surface area contributed by atoms with Crippen molar-refractivity contribution in [2.75, 3.05) is 33.4 Å². The molecule has 1 amide bonds. The quantitative estimate of drug-likeness (QED) is 0.811. The molecule has 0 radical (unpaired) electrons. The van der Waals surface area contributed by atoms with E-state index in [0.29, 0.717) is 26.1 Å². The van der Waals surface area contributed by atoms with Gasteiger partial charge >= 0.3 is 0 Å². The number of hydrogen-bond acceptors (Lipinski definition) is 4. The van der Waals surface area contributed by atoms with Crippen molar-refractivity contribution in [2.45, 2.75) is 12.5 Å². The van der Waals surface area contributed by atoms with Crippen LogP contribution in [-0.2, 0) is 16.0 Å². The molecule has 0 fully saturated rings. The molecule has 0 spiro atoms. The van der Waals surface area contributed by atoms with Gasteiger partial charge < -0.3 is 19.5 Å². The summed E-state index contributed by atoms with van der Waals surface area (Å²) >= 11 is 0. The van der Waals surface area contributed by atoms with Crippen LogP contribution in [0, 0.1) is 0 Å². The van der Waals surface area contributed by atoms with Gasteiger partial charge in [-0.1, -0.05) is 18.2 Å². The van der Waals surface area contributed by atoms with Crippen molar-refractivity contribution >= 4 is 5.91 Å². The van der Waals surface area contributed by atoms with Gasteiger partial charge in [-0.3, -0.25) is 4.79 Å². The molecule has 104 valence electrons. The van der Waals surface area contributed by atoms with Crippen LogP contribution in [0.25, 0.3) is 0 Å². The monoisotopic (exact) mass is 265 g/mol. The Bertz CT molecular complexity index is 410. The van der Waals surface area contributed by atoms with Crippen molar-refractivity contribution in [1.29, 1.82) is 0 Å². The highest BCUT2D eigenvalue weighted by Crippen LogP contribution is 2.28. The van der Waals surface area contributed by atoms with Crippen LogP contribution in [0.4, 0.5) is 0 Å². The summed E-state index contributed by atoms with van der Waals surface area (Å²) in [7, 11) is 1.59. The lowest BCUT2D eigenvalue weighted by Crippen LogP contribution is -2.44. The summed E-state index contributed by atoms with van der Waals surface area (Å²) in [6.07, 6.45) is 0.102. The third kappa shape index (κ3) is 3.24. The number of aliphatic hydroxyl groups is 1. The van der Waals surface area contributed by atoms with E-state index < -0.39 is 6.10 Å². The van der Waals surface area contributed by atoms with E-state index in [1.54, 1.807) is 12.0 Å². The number of aliphatic hydroxyl groups excluding tert-OH is 1. The second-order valence-corrected chi connectivity index (χ2v) is 4.46. The highest BCUT2D eigenvalue weighted by molar-refractivity contribution is 5.82. The zero-order chi connectivity index (χ0) is 13.7. The van der Waals surface area contributed by atoms with Crippen LogP contribution >= 0.6 is 0 Å². The summed E-state index contributed by atoms with van der Waals surface area (Å²) in [6.45, 7) is 1.16. The fourth-order valence-electron chi connectivity index (χ4n) is 2.18. The normalized spacial score (nSPS) is 16.8. The maximum Gasteiger partial charge on any atom is 0.264 e. The minimum absolute atomic E-state index is 0.0604. The lowest BCUT2D eigenvalue weighted by Gasteiger charge is -2.24. The Labute approximate surface area is 112 Å². The summed E-state index contributed by atoms with van der Waals surface area (Å²) < 4.78 is 10.6. The van der Waals surface area contributed by atoms with Crippen LogP contribution in [-0.4, -0.2) is 55.4 Å². The summed E-state index contributed by atoms with van der Waals surface area (Å²) in [5.74, 6) is 0.679. The number of hydrogen-bond donors (Lipinski definition) is 1. The number of ether oxygens (including phenoxy) is 2. The number of carbonyl (C=O) groups is 1. The Morgan fingerprint density at radius 1 is 1.47 bits per heavy atom. The van der Waals surface area contributed by atoms with E-state index in [4.69, 9.17) is 14.6 Å². The second-order valence-electron chi connectivity index (χ2n) is 4.46. The van der Waals surface area contributed by atoms with E-state index in [1.165, 1.54) is 0 Å². The molecule has 0 bridgehead atoms. The third-order valence-corrected chi connectivity index (χ3v) is 3.17. The molecule has 1 aromatic carbocycles. The number of rotatable bonds is 6. The fourth-order valence-corrected chi connectivity index (χ4v) is 2.18. The SMILES string of the molecule is COCCN(CCO)C(=O)C1Cc2ccccc2O1. The molecular formula is C14H19NO4. The number of carbonyl (C=O) groups excluding carboxylic acids is 1. The van der Waals surface area contributed by atoms with Gasteiger partial charge in [-0.15, -0.1) is 0 Å². The first-order valence-corrected chi connectivity index (χ1v) is 6.39. The fraction of sp³-hybridized carbons (Fsp3) is 0.500. The van der Waals surface area contributed by atoms with Crippen molar-refractivity contribution in [2.24, 2.45) is 0 Å². The largest absolute Gasteiger partial charge is 0.480 e. The molecule has 19 heavy (non-hydrogen) atoms. The molecule has 0 saturated carbocycles. The van der Waals surface area contributed by atoms with Crippen LogP contribution in [0.1, 0.15) is 5.56 Å². The first-order valence-electron chi connectivity index (χ1n) is 6.39. The van der Waals surface area contributed by atoms with E-state index in [1.807, 2.05) is 24.3 Å². The van der Waals surface area contributed by atoms with Gasteiger partial charge in [-0.2, -0.15) is 0 Å². The molecule has 5 heteroatoms. The molecular weight excluding hydrogens is 246 g/mol. The van der Waals surface area contributed by atoms with Gasteiger partial charge in [0.2, 0.25) is 0 Å². The predicted octanol–water partition coefficient (Wildman–Crippen LogP) is 0.457. The molecule has 1 aliphatic heterocycles. The van der Waals surface area contributed by atoms with Gasteiger partial charge in [-0.25, -0.2) is 0 Å². The molecule has 1 unspecified atom stereocenters. The summed E-state index contributed by atoms with van der Waals surface area (Å²) in [6, 6.07) is 7.66. The van der Waals surface area contributed by atoms with Gasteiger partial charge in [0.15, 0.2) is 6.10 Å². The Morgan fingerprint density at radius 3 is 2.95 bits per heavy atom. The molecule has 0 aromatic heterocycles. The van der Waals surface area contributed by atoms with Crippen molar-refractivity contribution in [3.8, 4) is 5.75 Å². The highest BCUT2D eigenvalue weighted by atomic mass is 16.5. The second kappa shape index (κ2) is 6.54. The van der Waals surface area contributed by atoms with Crippen LogP contribution in [0.3, 0.4) is 0 Å². The average Bonchev–Trinajstić information content (AvgIpc) is 2.86. The molecule has 1 N–H and O–H groups in total. The van der Waals surface area contributed by atoms with Crippen molar-refractivity contribution in [3.05, 3.63) is 29.8 Å². The van der Waals surface area contributed by atoms with Crippen LogP contribution in [0.2, 0.25) is 0 Å². The van der Waals surface area contributed by atoms with Gasteiger partial charge in [-0.05, 0) is 11.6 Å². The van der Waals surface area contributed by atoms with E-state index in [9.17, 15) is 4.79 Å². The first-order chi connectivity index (χ1) is 9.26. The molecule has 0 saturated heterocycles. The molecule has 1 heterocycles. The zero-order valence-electron chi connectivity index (χ0n) is 11.0. The van der Waals surface area contributed by atoms with Crippen molar-refractivity contribution in [1.82, 2.24) is 4.90 Å². The smallest absolute Gasteiger partial charge is 0.264 e. The average molecular weight is 265 g/mol. The number of nitrogens with zero attached hydrogens (tertiary/aromatic N) is 1. The zero-order valence-corrected chi connectivity index (χ0v) is 11.0. The highest BCUT2D eigenvalue weighted by Gasteiger charge is 2.31. The van der Waals surface area contributed by atoms with Gasteiger partial charge in [0.1, 0.15) is 5.75 Å². The summed E-state index contributed by atoms with van der Waals surface area (Å²) in [4.78, 5) is 13.9. The van der Waals surface area contributed by atoms with E-state index >= 15 is 0 Å². The topological polar surface area (TPSA) is 59.0 Å². The lowest BCUT2D eigenvalue weighted by molar-refractivity contribution is -0.139. The molecule has 1 atom stereocenters. The standard InChI is InChI=1S/C14H19NO4/c1-18-9-7-15(6-8-16)14(17)13-10-11-4-2-3-5-12(11)19-13/h2-5,13,16H,6-10H2,1H3. The number of methoxy groups -OCH3 is 1. The number of benzene rings is 1. The predicted molar refractivity (Wildman–Crippen MR) is 70.1 cm³/mol. The molecule has 1 aliphatic rings. The van der Waals surface area contributed by atoms with Crippen LogP contribution in [0.15, 0.2) is 24.3 Å². The summed E-state index contributed by atoms with van der Waals surface area (Å²) in [5, 5.41) is 9.03. The molecule has 0 aliphatic carbocycles. The first kappa shape index (κ1) is 13.8.